The van der Waals surface area contributed by atoms with Crippen LogP contribution in [0.5, 0.6) is 0 Å². The van der Waals surface area contributed by atoms with Gasteiger partial charge in [-0.3, -0.25) is 0 Å². The molecule has 0 N–H and O–H groups in total. The van der Waals surface area contributed by atoms with E-state index in [1.807, 2.05) is 29.5 Å². The average molecular weight is 687 g/mol. The summed E-state index contributed by atoms with van der Waals surface area (Å²) in [5, 5.41) is 7.33. The van der Waals surface area contributed by atoms with E-state index in [2.05, 4.69) is 144 Å². The number of aromatic nitrogens is 4. The maximum absolute atomic E-state index is 5.33. The Morgan fingerprint density at radius 1 is 0.373 bits per heavy atom. The molecular weight excluding hydrogens is 661 g/mol. The number of nitrogens with zero attached hydrogens (tertiary/aromatic N) is 4. The van der Waals surface area contributed by atoms with E-state index in [4.69, 9.17) is 15.0 Å². The Hall–Kier alpha value is -6.21. The van der Waals surface area contributed by atoms with E-state index < -0.39 is 0 Å². The van der Waals surface area contributed by atoms with Crippen LogP contribution in [0, 0.1) is 0 Å². The Bertz CT molecular complexity index is 3100. The zero-order valence-corrected chi connectivity index (χ0v) is 28.7. The largest absolute Gasteiger partial charge is 0.308 e. The number of hydrogen-bond donors (Lipinski definition) is 0. The van der Waals surface area contributed by atoms with E-state index in [0.29, 0.717) is 17.5 Å². The van der Waals surface area contributed by atoms with E-state index in [1.54, 1.807) is 11.3 Å². The molecule has 0 saturated carbocycles. The van der Waals surface area contributed by atoms with E-state index in [-0.39, 0.29) is 0 Å². The first-order valence-electron chi connectivity index (χ1n) is 17.0. The fourth-order valence-electron chi connectivity index (χ4n) is 7.62. The molecular formula is C45H26N4S2. The van der Waals surface area contributed by atoms with Crippen LogP contribution in [0.25, 0.3) is 102 Å². The molecule has 0 aliphatic rings. The second kappa shape index (κ2) is 11.2. The molecule has 0 unspecified atom stereocenters. The van der Waals surface area contributed by atoms with Gasteiger partial charge in [-0.25, -0.2) is 15.0 Å². The summed E-state index contributed by atoms with van der Waals surface area (Å²) in [4.78, 5) is 15.7. The summed E-state index contributed by atoms with van der Waals surface area (Å²) in [5.74, 6) is 2.00. The fourth-order valence-corrected chi connectivity index (χ4v) is 10.1. The van der Waals surface area contributed by atoms with Crippen molar-refractivity contribution in [2.45, 2.75) is 0 Å². The molecule has 0 saturated heterocycles. The minimum Gasteiger partial charge on any atom is -0.308 e. The lowest BCUT2D eigenvalue weighted by atomic mass is 10.0. The van der Waals surface area contributed by atoms with Crippen LogP contribution in [0.3, 0.4) is 0 Å². The van der Waals surface area contributed by atoms with Gasteiger partial charge in [0.25, 0.3) is 0 Å². The summed E-state index contributed by atoms with van der Waals surface area (Å²) in [6, 6.07) is 55.9. The number of benzene rings is 7. The van der Waals surface area contributed by atoms with Gasteiger partial charge in [-0.2, -0.15) is 0 Å². The Kier molecular flexibility index (Phi) is 6.26. The number of fused-ring (bicyclic) bond motifs is 9. The van der Waals surface area contributed by atoms with Crippen LogP contribution in [0.15, 0.2) is 158 Å². The van der Waals surface area contributed by atoms with Crippen molar-refractivity contribution in [1.29, 1.82) is 0 Å². The highest BCUT2D eigenvalue weighted by Gasteiger charge is 2.22. The zero-order chi connectivity index (χ0) is 33.5. The third kappa shape index (κ3) is 4.34. The van der Waals surface area contributed by atoms with Crippen LogP contribution in [0.2, 0.25) is 0 Å². The van der Waals surface area contributed by atoms with Gasteiger partial charge >= 0.3 is 0 Å². The van der Waals surface area contributed by atoms with Crippen LogP contribution in [0.1, 0.15) is 0 Å². The van der Waals surface area contributed by atoms with Crippen LogP contribution in [-0.4, -0.2) is 19.5 Å². The Morgan fingerprint density at radius 2 is 0.922 bits per heavy atom. The van der Waals surface area contributed by atoms with Crippen molar-refractivity contribution < 1.29 is 0 Å². The summed E-state index contributed by atoms with van der Waals surface area (Å²) in [5.41, 5.74) is 6.50. The quantitative estimate of drug-likeness (QED) is 0.185. The summed E-state index contributed by atoms with van der Waals surface area (Å²) in [6.07, 6.45) is 0. The lowest BCUT2D eigenvalue weighted by molar-refractivity contribution is 1.08. The van der Waals surface area contributed by atoms with Gasteiger partial charge in [-0.05, 0) is 42.5 Å². The number of para-hydroxylation sites is 2. The minimum atomic E-state index is 0.660. The van der Waals surface area contributed by atoms with Crippen molar-refractivity contribution in [1.82, 2.24) is 19.5 Å². The molecule has 0 aliphatic heterocycles. The normalized spacial score (nSPS) is 11.9. The lowest BCUT2D eigenvalue weighted by Gasteiger charge is -2.13. The molecule has 4 nitrogen and oxygen atoms in total. The van der Waals surface area contributed by atoms with Crippen LogP contribution < -0.4 is 0 Å². The van der Waals surface area contributed by atoms with Crippen molar-refractivity contribution in [2.75, 3.05) is 0 Å². The van der Waals surface area contributed by atoms with Gasteiger partial charge in [0.05, 0.1) is 21.4 Å². The molecule has 238 valence electrons. The second-order valence-corrected chi connectivity index (χ2v) is 14.9. The average Bonchev–Trinajstić information content (AvgIpc) is 3.88. The van der Waals surface area contributed by atoms with E-state index in [0.717, 1.165) is 27.8 Å². The van der Waals surface area contributed by atoms with Crippen LogP contribution >= 0.6 is 22.7 Å². The van der Waals surface area contributed by atoms with Gasteiger partial charge in [0.1, 0.15) is 0 Å². The first kappa shape index (κ1) is 28.6. The molecule has 11 rings (SSSR count). The monoisotopic (exact) mass is 686 g/mol. The minimum absolute atomic E-state index is 0.660. The topological polar surface area (TPSA) is 43.6 Å². The van der Waals surface area contributed by atoms with Gasteiger partial charge in [0.2, 0.25) is 0 Å². The molecule has 0 radical (unpaired) electrons. The highest BCUT2D eigenvalue weighted by atomic mass is 32.1. The van der Waals surface area contributed by atoms with Crippen LogP contribution in [0.4, 0.5) is 0 Å². The van der Waals surface area contributed by atoms with Crippen molar-refractivity contribution >= 4 is 84.8 Å². The highest BCUT2D eigenvalue weighted by molar-refractivity contribution is 7.26. The predicted molar refractivity (Wildman–Crippen MR) is 216 cm³/mol. The fraction of sp³-hybridized carbons (Fsp3) is 0. The second-order valence-electron chi connectivity index (χ2n) is 12.8. The van der Waals surface area contributed by atoms with Crippen molar-refractivity contribution in [3.63, 3.8) is 0 Å². The third-order valence-electron chi connectivity index (χ3n) is 9.88. The maximum atomic E-state index is 5.33. The van der Waals surface area contributed by atoms with Gasteiger partial charge in [0.15, 0.2) is 17.5 Å². The van der Waals surface area contributed by atoms with Gasteiger partial charge < -0.3 is 4.57 Å². The molecule has 0 fully saturated rings. The molecule has 11 aromatic rings. The summed E-state index contributed by atoms with van der Waals surface area (Å²) >= 11 is 3.62. The SMILES string of the molecule is c1ccc(-c2nc(-c3cccc4c3sc3ccccc34)nc(-c3ccc(-n4c5ccccc5c5ccccc54)c4sc5ccccc5c34)n2)cc1. The van der Waals surface area contributed by atoms with Crippen LogP contribution in [-0.2, 0) is 0 Å². The van der Waals surface area contributed by atoms with E-state index in [1.165, 1.54) is 56.8 Å². The Balaban J connectivity index is 1.22. The van der Waals surface area contributed by atoms with Crippen molar-refractivity contribution in [2.24, 2.45) is 0 Å². The van der Waals surface area contributed by atoms with Crippen molar-refractivity contribution in [3.8, 4) is 39.9 Å². The molecule has 51 heavy (non-hydrogen) atoms. The lowest BCUT2D eigenvalue weighted by Crippen LogP contribution is -2.01. The first-order chi connectivity index (χ1) is 25.3. The van der Waals surface area contributed by atoms with E-state index in [9.17, 15) is 0 Å². The molecule has 0 bridgehead atoms. The Morgan fingerprint density at radius 3 is 1.67 bits per heavy atom. The predicted octanol–water partition coefficient (Wildman–Crippen LogP) is 12.7. The number of hydrogen-bond acceptors (Lipinski definition) is 5. The molecule has 6 heteroatoms. The maximum Gasteiger partial charge on any atom is 0.165 e. The van der Waals surface area contributed by atoms with Gasteiger partial charge in [-0.1, -0.05) is 115 Å². The van der Waals surface area contributed by atoms with Gasteiger partial charge in [-0.15, -0.1) is 22.7 Å². The summed E-state index contributed by atoms with van der Waals surface area (Å²) in [6.45, 7) is 0. The molecule has 4 heterocycles. The molecule has 7 aromatic carbocycles. The number of thiophene rings is 2. The van der Waals surface area contributed by atoms with Crippen molar-refractivity contribution in [3.05, 3.63) is 158 Å². The molecule has 0 spiro atoms. The van der Waals surface area contributed by atoms with Gasteiger partial charge in [0, 0.05) is 63.1 Å². The number of rotatable bonds is 4. The third-order valence-corrected chi connectivity index (χ3v) is 12.3. The zero-order valence-electron chi connectivity index (χ0n) is 27.1. The summed E-state index contributed by atoms with van der Waals surface area (Å²) < 4.78 is 7.29. The molecule has 0 atom stereocenters. The Labute approximate surface area is 300 Å². The summed E-state index contributed by atoms with van der Waals surface area (Å²) in [7, 11) is 0. The molecule has 4 aromatic heterocycles. The smallest absolute Gasteiger partial charge is 0.165 e. The standard InChI is InChI=1S/C45H26N4S2/c1-2-13-27(14-3-1)43-46-44(48-45(47-43)34-20-12-19-31-30-17-6-10-23-38(30)50-41(31)34)33-25-26-37(42-40(33)32-18-7-11-24-39(32)51-42)49-35-21-8-4-15-28(35)29-16-5-9-22-36(29)49/h1-26H. The molecule has 0 amide bonds. The molecule has 0 aliphatic carbocycles. The first-order valence-corrected chi connectivity index (χ1v) is 18.6. The highest BCUT2D eigenvalue weighted by Crippen LogP contribution is 2.45. The van der Waals surface area contributed by atoms with E-state index >= 15 is 0 Å².